The number of nitrogens with one attached hydrogen (secondary N) is 2. The van der Waals surface area contributed by atoms with Crippen LogP contribution in [-0.2, 0) is 9.59 Å². The smallest absolute Gasteiger partial charge is 0.241 e. The van der Waals surface area contributed by atoms with Gasteiger partial charge in [0.25, 0.3) is 0 Å². The minimum Gasteiger partial charge on any atom is -0.497 e. The van der Waals surface area contributed by atoms with Crippen molar-refractivity contribution in [3.05, 3.63) is 42.6 Å². The number of hydrogen-bond donors (Lipinski definition) is 2. The standard InChI is InChI=1S/C22H28N4O4/c1-15(21(27)24-18-14-17(29-2)7-8-19(18)30-3)26-12-9-16(10-13-26)22(28)25-20-6-4-5-11-23-20/h4-8,11,14-16H,9-10,12-13H2,1-3H3,(H,24,27)(H,23,25,28). The lowest BCUT2D eigenvalue weighted by Gasteiger charge is -2.34. The molecule has 2 heterocycles. The molecule has 160 valence electrons. The van der Waals surface area contributed by atoms with Crippen LogP contribution in [0.2, 0.25) is 0 Å². The third kappa shape index (κ3) is 5.27. The van der Waals surface area contributed by atoms with E-state index in [2.05, 4.69) is 20.5 Å². The molecule has 1 aromatic heterocycles. The summed E-state index contributed by atoms with van der Waals surface area (Å²) in [6, 6.07) is 10.3. The van der Waals surface area contributed by atoms with Crippen molar-refractivity contribution in [1.82, 2.24) is 9.88 Å². The molecule has 30 heavy (non-hydrogen) atoms. The highest BCUT2D eigenvalue weighted by molar-refractivity contribution is 5.96. The molecule has 1 unspecified atom stereocenters. The Hall–Kier alpha value is -3.13. The van der Waals surface area contributed by atoms with Crippen LogP contribution in [0.25, 0.3) is 0 Å². The molecule has 0 aliphatic carbocycles. The quantitative estimate of drug-likeness (QED) is 0.727. The molecule has 0 bridgehead atoms. The molecule has 2 amide bonds. The van der Waals surface area contributed by atoms with Crippen molar-refractivity contribution < 1.29 is 19.1 Å². The van der Waals surface area contributed by atoms with Crippen molar-refractivity contribution in [2.45, 2.75) is 25.8 Å². The monoisotopic (exact) mass is 412 g/mol. The van der Waals surface area contributed by atoms with Crippen molar-refractivity contribution >= 4 is 23.3 Å². The molecule has 1 fully saturated rings. The van der Waals surface area contributed by atoms with Gasteiger partial charge in [0.05, 0.1) is 25.9 Å². The number of likely N-dealkylation sites (tertiary alicyclic amines) is 1. The van der Waals surface area contributed by atoms with E-state index >= 15 is 0 Å². The van der Waals surface area contributed by atoms with Gasteiger partial charge in [0.1, 0.15) is 17.3 Å². The number of ether oxygens (including phenoxy) is 2. The number of methoxy groups -OCH3 is 2. The van der Waals surface area contributed by atoms with E-state index in [4.69, 9.17) is 9.47 Å². The molecule has 1 aliphatic rings. The first-order valence-corrected chi connectivity index (χ1v) is 10.0. The Balaban J connectivity index is 1.54. The van der Waals surface area contributed by atoms with E-state index in [1.807, 2.05) is 19.1 Å². The van der Waals surface area contributed by atoms with E-state index in [0.29, 0.717) is 48.9 Å². The number of benzene rings is 1. The van der Waals surface area contributed by atoms with Gasteiger partial charge in [-0.1, -0.05) is 6.07 Å². The second kappa shape index (κ2) is 10.1. The fourth-order valence-corrected chi connectivity index (χ4v) is 3.53. The number of nitrogens with zero attached hydrogens (tertiary/aromatic N) is 2. The Morgan fingerprint density at radius 1 is 1.10 bits per heavy atom. The zero-order valence-electron chi connectivity index (χ0n) is 17.6. The van der Waals surface area contributed by atoms with E-state index in [1.165, 1.54) is 0 Å². The maximum atomic E-state index is 12.8. The molecule has 1 aliphatic heterocycles. The van der Waals surface area contributed by atoms with Crippen LogP contribution in [0, 0.1) is 5.92 Å². The minimum atomic E-state index is -0.333. The van der Waals surface area contributed by atoms with E-state index in [-0.39, 0.29) is 23.8 Å². The molecule has 1 atom stereocenters. The highest BCUT2D eigenvalue weighted by atomic mass is 16.5. The molecule has 1 saturated heterocycles. The summed E-state index contributed by atoms with van der Waals surface area (Å²) in [6.45, 7) is 3.21. The number of hydrogen-bond acceptors (Lipinski definition) is 6. The van der Waals surface area contributed by atoms with Crippen molar-refractivity contribution in [2.75, 3.05) is 37.9 Å². The highest BCUT2D eigenvalue weighted by Crippen LogP contribution is 2.29. The van der Waals surface area contributed by atoms with Crippen LogP contribution < -0.4 is 20.1 Å². The van der Waals surface area contributed by atoms with Crippen molar-refractivity contribution in [2.24, 2.45) is 5.92 Å². The van der Waals surface area contributed by atoms with Crippen molar-refractivity contribution in [1.29, 1.82) is 0 Å². The maximum absolute atomic E-state index is 12.8. The van der Waals surface area contributed by atoms with Crippen LogP contribution >= 0.6 is 0 Å². The van der Waals surface area contributed by atoms with Gasteiger partial charge in [-0.05, 0) is 57.1 Å². The van der Waals surface area contributed by atoms with Gasteiger partial charge in [-0.3, -0.25) is 14.5 Å². The van der Waals surface area contributed by atoms with Crippen LogP contribution in [0.5, 0.6) is 11.5 Å². The van der Waals surface area contributed by atoms with Crippen LogP contribution in [0.3, 0.4) is 0 Å². The van der Waals surface area contributed by atoms with E-state index in [9.17, 15) is 9.59 Å². The minimum absolute atomic E-state index is 0.0217. The van der Waals surface area contributed by atoms with Gasteiger partial charge in [0.15, 0.2) is 0 Å². The Kier molecular flexibility index (Phi) is 7.24. The maximum Gasteiger partial charge on any atom is 0.241 e. The van der Waals surface area contributed by atoms with Gasteiger partial charge in [-0.25, -0.2) is 4.98 Å². The summed E-state index contributed by atoms with van der Waals surface area (Å²) in [6.07, 6.45) is 3.04. The topological polar surface area (TPSA) is 92.8 Å². The summed E-state index contributed by atoms with van der Waals surface area (Å²) in [5.74, 6) is 1.53. The van der Waals surface area contributed by atoms with Crippen LogP contribution in [0.15, 0.2) is 42.6 Å². The third-order valence-corrected chi connectivity index (χ3v) is 5.41. The molecule has 3 rings (SSSR count). The van der Waals surface area contributed by atoms with Gasteiger partial charge in [-0.2, -0.15) is 0 Å². The third-order valence-electron chi connectivity index (χ3n) is 5.41. The summed E-state index contributed by atoms with van der Waals surface area (Å²) in [5.41, 5.74) is 0.568. The van der Waals surface area contributed by atoms with Crippen LogP contribution in [0.1, 0.15) is 19.8 Å². The lowest BCUT2D eigenvalue weighted by molar-refractivity contribution is -0.123. The second-order valence-corrected chi connectivity index (χ2v) is 7.25. The van der Waals surface area contributed by atoms with Gasteiger partial charge >= 0.3 is 0 Å². The Bertz CT molecular complexity index is 867. The number of carbonyl (C=O) groups is 2. The van der Waals surface area contributed by atoms with E-state index in [1.54, 1.807) is 44.7 Å². The summed E-state index contributed by atoms with van der Waals surface area (Å²) >= 11 is 0. The molecule has 0 radical (unpaired) electrons. The SMILES string of the molecule is COc1ccc(OC)c(NC(=O)C(C)N2CCC(C(=O)Nc3ccccn3)CC2)c1. The summed E-state index contributed by atoms with van der Waals surface area (Å²) in [5, 5.41) is 5.79. The number of rotatable bonds is 7. The summed E-state index contributed by atoms with van der Waals surface area (Å²) in [4.78, 5) is 31.5. The predicted octanol–water partition coefficient (Wildman–Crippen LogP) is 2.78. The number of piperidine rings is 1. The first-order valence-electron chi connectivity index (χ1n) is 10.0. The van der Waals surface area contributed by atoms with Crippen molar-refractivity contribution in [3.8, 4) is 11.5 Å². The molecule has 2 aromatic rings. The lowest BCUT2D eigenvalue weighted by atomic mass is 9.95. The lowest BCUT2D eigenvalue weighted by Crippen LogP contribution is -2.47. The fraction of sp³-hybridized carbons (Fsp3) is 0.409. The van der Waals surface area contributed by atoms with Crippen molar-refractivity contribution in [3.63, 3.8) is 0 Å². The summed E-state index contributed by atoms with van der Waals surface area (Å²) in [7, 11) is 3.13. The average molecular weight is 412 g/mol. The molecular weight excluding hydrogens is 384 g/mol. The van der Waals surface area contributed by atoms with Gasteiger partial charge in [0, 0.05) is 18.2 Å². The number of aromatic nitrogens is 1. The van der Waals surface area contributed by atoms with Gasteiger partial charge in [-0.15, -0.1) is 0 Å². The van der Waals surface area contributed by atoms with Crippen LogP contribution in [0.4, 0.5) is 11.5 Å². The highest BCUT2D eigenvalue weighted by Gasteiger charge is 2.30. The molecule has 1 aromatic carbocycles. The van der Waals surface area contributed by atoms with Gasteiger partial charge < -0.3 is 20.1 Å². The summed E-state index contributed by atoms with van der Waals surface area (Å²) < 4.78 is 10.6. The Morgan fingerprint density at radius 2 is 1.87 bits per heavy atom. The second-order valence-electron chi connectivity index (χ2n) is 7.25. The number of pyridine rings is 1. The zero-order chi connectivity index (χ0) is 21.5. The fourth-order valence-electron chi connectivity index (χ4n) is 3.53. The number of amides is 2. The molecule has 2 N–H and O–H groups in total. The normalized spacial score (nSPS) is 15.8. The Labute approximate surface area is 176 Å². The first kappa shape index (κ1) is 21.6. The molecule has 8 heteroatoms. The first-order chi connectivity index (χ1) is 14.5. The van der Waals surface area contributed by atoms with Gasteiger partial charge in [0.2, 0.25) is 11.8 Å². The van der Waals surface area contributed by atoms with Crippen LogP contribution in [-0.4, -0.2) is 55.0 Å². The molecule has 8 nitrogen and oxygen atoms in total. The largest absolute Gasteiger partial charge is 0.497 e. The average Bonchev–Trinajstić information content (AvgIpc) is 2.79. The number of carbonyl (C=O) groups excluding carboxylic acids is 2. The zero-order valence-corrected chi connectivity index (χ0v) is 17.6. The molecule has 0 saturated carbocycles. The molecular formula is C22H28N4O4. The predicted molar refractivity (Wildman–Crippen MR) is 115 cm³/mol. The van der Waals surface area contributed by atoms with E-state index < -0.39 is 0 Å². The Morgan fingerprint density at radius 3 is 2.50 bits per heavy atom. The van der Waals surface area contributed by atoms with E-state index in [0.717, 1.165) is 0 Å². The molecule has 0 spiro atoms. The number of anilines is 2.